The molecule has 1 atom stereocenters. The highest BCUT2D eigenvalue weighted by atomic mass is 16.3. The van der Waals surface area contributed by atoms with Crippen molar-refractivity contribution in [2.24, 2.45) is 5.92 Å². The largest absolute Gasteiger partial charge is 0.472 e. The van der Waals surface area contributed by atoms with Crippen LogP contribution in [0.2, 0.25) is 0 Å². The number of hydrogen-bond acceptors (Lipinski definition) is 4. The Balaban J connectivity index is 1.48. The van der Waals surface area contributed by atoms with Gasteiger partial charge in [-0.1, -0.05) is 0 Å². The van der Waals surface area contributed by atoms with E-state index in [0.717, 1.165) is 44.7 Å². The average molecular weight is 273 g/mol. The zero-order valence-electron chi connectivity index (χ0n) is 11.4. The number of rotatable bonds is 4. The summed E-state index contributed by atoms with van der Waals surface area (Å²) in [5.41, 5.74) is 3.26. The Hall–Kier alpha value is -1.59. The van der Waals surface area contributed by atoms with Crippen LogP contribution in [0.15, 0.2) is 29.1 Å². The molecule has 0 amide bonds. The summed E-state index contributed by atoms with van der Waals surface area (Å²) in [4.78, 5) is 2.38. The van der Waals surface area contributed by atoms with Crippen LogP contribution in [-0.2, 0) is 19.6 Å². The van der Waals surface area contributed by atoms with E-state index < -0.39 is 0 Å². The van der Waals surface area contributed by atoms with Crippen LogP contribution >= 0.6 is 0 Å². The molecular formula is C15H19N3O2. The fourth-order valence-corrected chi connectivity index (χ4v) is 2.92. The Morgan fingerprint density at radius 1 is 1.40 bits per heavy atom. The van der Waals surface area contributed by atoms with Gasteiger partial charge in [0.2, 0.25) is 0 Å². The van der Waals surface area contributed by atoms with Crippen LogP contribution < -0.4 is 0 Å². The van der Waals surface area contributed by atoms with Crippen molar-refractivity contribution >= 4 is 0 Å². The molecular weight excluding hydrogens is 254 g/mol. The lowest BCUT2D eigenvalue weighted by atomic mass is 10.1. The third-order valence-electron chi connectivity index (χ3n) is 4.25. The third-order valence-corrected chi connectivity index (χ3v) is 4.25. The lowest BCUT2D eigenvalue weighted by Gasteiger charge is -2.26. The molecule has 4 rings (SSSR count). The molecule has 2 aliphatic rings. The number of nitrogens with zero attached hydrogens (tertiary/aromatic N) is 3. The van der Waals surface area contributed by atoms with E-state index in [1.165, 1.54) is 11.3 Å². The first-order chi connectivity index (χ1) is 9.79. The molecule has 106 valence electrons. The fraction of sp³-hybridized carbons (Fsp3) is 0.533. The molecule has 2 aromatic rings. The van der Waals surface area contributed by atoms with E-state index in [9.17, 15) is 5.11 Å². The lowest BCUT2D eigenvalue weighted by molar-refractivity contribution is 0.147. The van der Waals surface area contributed by atoms with E-state index in [1.54, 1.807) is 12.5 Å². The second-order valence-corrected chi connectivity index (χ2v) is 5.91. The summed E-state index contributed by atoms with van der Waals surface area (Å²) in [7, 11) is 0. The van der Waals surface area contributed by atoms with Crippen molar-refractivity contribution in [2.45, 2.75) is 38.6 Å². The van der Waals surface area contributed by atoms with Crippen molar-refractivity contribution in [3.8, 4) is 0 Å². The normalized spacial score (nSPS) is 20.9. The highest BCUT2D eigenvalue weighted by molar-refractivity contribution is 5.16. The number of aliphatic hydroxyl groups excluding tert-OH is 1. The molecule has 1 aliphatic heterocycles. The first-order valence-corrected chi connectivity index (χ1v) is 7.28. The maximum absolute atomic E-state index is 10.2. The molecule has 0 radical (unpaired) electrons. The van der Waals surface area contributed by atoms with Crippen LogP contribution in [0.5, 0.6) is 0 Å². The summed E-state index contributed by atoms with van der Waals surface area (Å²) in [5.74, 6) is 0.439. The minimum Gasteiger partial charge on any atom is -0.472 e. The number of fused-ring (bicyclic) bond motifs is 1. The number of aliphatic hydroxyl groups is 1. The monoisotopic (exact) mass is 273 g/mol. The standard InChI is InChI=1S/C15H19N3O2/c19-15(12-1-2-12)14-7-13-9-17(4-5-18(13)16-14)8-11-3-6-20-10-11/h3,6-7,10,12,15,19H,1-2,4-5,8-9H2/t15-/m1/s1. The Kier molecular flexibility index (Phi) is 2.89. The SMILES string of the molecule is O[C@@H](c1cc2n(n1)CCN(Cc1ccoc1)C2)C1CC1. The summed E-state index contributed by atoms with van der Waals surface area (Å²) in [6.07, 6.45) is 5.42. The zero-order chi connectivity index (χ0) is 13.5. The van der Waals surface area contributed by atoms with Gasteiger partial charge in [0.05, 0.1) is 30.5 Å². The quantitative estimate of drug-likeness (QED) is 0.925. The lowest BCUT2D eigenvalue weighted by Crippen LogP contribution is -2.33. The van der Waals surface area contributed by atoms with Gasteiger partial charge in [-0.2, -0.15) is 5.10 Å². The Labute approximate surface area is 117 Å². The minimum absolute atomic E-state index is 0.365. The molecule has 1 fully saturated rings. The minimum atomic E-state index is -0.365. The fourth-order valence-electron chi connectivity index (χ4n) is 2.92. The van der Waals surface area contributed by atoms with Gasteiger partial charge >= 0.3 is 0 Å². The summed E-state index contributed by atoms with van der Waals surface area (Å²) >= 11 is 0. The molecule has 2 aromatic heterocycles. The van der Waals surface area contributed by atoms with Gasteiger partial charge in [0.25, 0.3) is 0 Å². The molecule has 1 aliphatic carbocycles. The first-order valence-electron chi connectivity index (χ1n) is 7.28. The molecule has 0 saturated heterocycles. The molecule has 1 saturated carbocycles. The van der Waals surface area contributed by atoms with Crippen molar-refractivity contribution in [1.82, 2.24) is 14.7 Å². The van der Waals surface area contributed by atoms with Gasteiger partial charge in [-0.3, -0.25) is 9.58 Å². The highest BCUT2D eigenvalue weighted by Gasteiger charge is 2.33. The second kappa shape index (κ2) is 4.75. The van der Waals surface area contributed by atoms with E-state index in [1.807, 2.05) is 10.7 Å². The number of furan rings is 1. The maximum Gasteiger partial charge on any atom is 0.101 e. The van der Waals surface area contributed by atoms with Crippen LogP contribution in [0.3, 0.4) is 0 Å². The van der Waals surface area contributed by atoms with Crippen molar-refractivity contribution in [2.75, 3.05) is 6.54 Å². The zero-order valence-corrected chi connectivity index (χ0v) is 11.4. The summed E-state index contributed by atoms with van der Waals surface area (Å²) in [6.45, 7) is 3.67. The average Bonchev–Trinajstić information content (AvgIpc) is 3.01. The molecule has 0 spiro atoms. The van der Waals surface area contributed by atoms with E-state index in [4.69, 9.17) is 4.42 Å². The summed E-state index contributed by atoms with van der Waals surface area (Å²) < 4.78 is 7.17. The number of hydrogen-bond donors (Lipinski definition) is 1. The van der Waals surface area contributed by atoms with Gasteiger partial charge in [0.15, 0.2) is 0 Å². The third kappa shape index (κ3) is 2.27. The van der Waals surface area contributed by atoms with Crippen molar-refractivity contribution in [1.29, 1.82) is 0 Å². The molecule has 5 heteroatoms. The Bertz CT molecular complexity index is 586. The van der Waals surface area contributed by atoms with Gasteiger partial charge < -0.3 is 9.52 Å². The van der Waals surface area contributed by atoms with Crippen LogP contribution in [0.4, 0.5) is 0 Å². The first kappa shape index (κ1) is 12.2. The summed E-state index contributed by atoms with van der Waals surface area (Å²) in [6, 6.07) is 4.08. The van der Waals surface area contributed by atoms with Crippen LogP contribution in [0.25, 0.3) is 0 Å². The molecule has 0 aromatic carbocycles. The predicted octanol–water partition coefficient (Wildman–Crippen LogP) is 1.94. The van der Waals surface area contributed by atoms with Crippen molar-refractivity contribution in [3.05, 3.63) is 41.6 Å². The van der Waals surface area contributed by atoms with Crippen LogP contribution in [0.1, 0.15) is 35.9 Å². The molecule has 3 heterocycles. The van der Waals surface area contributed by atoms with E-state index in [-0.39, 0.29) is 6.10 Å². The molecule has 1 N–H and O–H groups in total. The van der Waals surface area contributed by atoms with E-state index >= 15 is 0 Å². The van der Waals surface area contributed by atoms with Crippen LogP contribution in [-0.4, -0.2) is 26.3 Å². The molecule has 0 unspecified atom stereocenters. The predicted molar refractivity (Wildman–Crippen MR) is 72.7 cm³/mol. The summed E-state index contributed by atoms with van der Waals surface area (Å²) in [5, 5.41) is 14.7. The molecule has 0 bridgehead atoms. The van der Waals surface area contributed by atoms with Gasteiger partial charge in [-0.15, -0.1) is 0 Å². The van der Waals surface area contributed by atoms with E-state index in [2.05, 4.69) is 16.1 Å². The maximum atomic E-state index is 10.2. The van der Waals surface area contributed by atoms with Crippen molar-refractivity contribution < 1.29 is 9.52 Å². The van der Waals surface area contributed by atoms with Gasteiger partial charge in [-0.05, 0) is 30.9 Å². The van der Waals surface area contributed by atoms with Gasteiger partial charge in [0.1, 0.15) is 6.10 Å². The highest BCUT2D eigenvalue weighted by Crippen LogP contribution is 2.40. The van der Waals surface area contributed by atoms with Gasteiger partial charge in [-0.25, -0.2) is 0 Å². The number of aromatic nitrogens is 2. The van der Waals surface area contributed by atoms with Crippen molar-refractivity contribution in [3.63, 3.8) is 0 Å². The van der Waals surface area contributed by atoms with E-state index in [0.29, 0.717) is 5.92 Å². The molecule has 20 heavy (non-hydrogen) atoms. The van der Waals surface area contributed by atoms with Crippen LogP contribution in [0, 0.1) is 5.92 Å². The Morgan fingerprint density at radius 2 is 2.30 bits per heavy atom. The molecule has 5 nitrogen and oxygen atoms in total. The Morgan fingerprint density at radius 3 is 3.05 bits per heavy atom. The smallest absolute Gasteiger partial charge is 0.101 e. The second-order valence-electron chi connectivity index (χ2n) is 5.91. The van der Waals surface area contributed by atoms with Gasteiger partial charge in [0, 0.05) is 25.2 Å². The topological polar surface area (TPSA) is 54.4 Å².